The molecule has 21 heavy (non-hydrogen) atoms. The summed E-state index contributed by atoms with van der Waals surface area (Å²) in [6, 6.07) is 6.77. The molecule has 1 aromatic rings. The Morgan fingerprint density at radius 3 is 3.14 bits per heavy atom. The van der Waals surface area contributed by atoms with Crippen molar-refractivity contribution in [2.75, 3.05) is 32.1 Å². The van der Waals surface area contributed by atoms with Gasteiger partial charge in [0.25, 0.3) is 0 Å². The van der Waals surface area contributed by atoms with Gasteiger partial charge in [-0.25, -0.2) is 0 Å². The molecule has 0 bridgehead atoms. The molecule has 1 saturated heterocycles. The van der Waals surface area contributed by atoms with Crippen molar-refractivity contribution in [3.05, 3.63) is 29.3 Å². The predicted octanol–water partition coefficient (Wildman–Crippen LogP) is 2.43. The van der Waals surface area contributed by atoms with Crippen LogP contribution in [0.15, 0.2) is 18.2 Å². The molecule has 0 saturated carbocycles. The maximum atomic E-state index is 5.84. The summed E-state index contributed by atoms with van der Waals surface area (Å²) in [6.45, 7) is 3.47. The van der Waals surface area contributed by atoms with Gasteiger partial charge in [-0.1, -0.05) is 6.07 Å². The second kappa shape index (κ2) is 7.25. The Bertz CT molecular complexity index is 458. The first-order valence-corrected chi connectivity index (χ1v) is 8.14. The van der Waals surface area contributed by atoms with Crippen molar-refractivity contribution in [1.82, 2.24) is 5.32 Å². The second-order valence-corrected chi connectivity index (χ2v) is 6.07. The summed E-state index contributed by atoms with van der Waals surface area (Å²) >= 11 is 0. The fraction of sp³-hybridized carbons (Fsp3) is 0.647. The van der Waals surface area contributed by atoms with Gasteiger partial charge in [0.05, 0.1) is 12.7 Å². The Balaban J connectivity index is 1.32. The second-order valence-electron chi connectivity index (χ2n) is 6.07. The van der Waals surface area contributed by atoms with Gasteiger partial charge in [0, 0.05) is 24.9 Å². The summed E-state index contributed by atoms with van der Waals surface area (Å²) < 4.78 is 11.2. The van der Waals surface area contributed by atoms with Crippen molar-refractivity contribution in [1.29, 1.82) is 0 Å². The molecule has 1 aliphatic carbocycles. The van der Waals surface area contributed by atoms with Crippen LogP contribution in [0.25, 0.3) is 0 Å². The lowest BCUT2D eigenvalue weighted by molar-refractivity contribution is 0.0165. The van der Waals surface area contributed by atoms with E-state index in [1.54, 1.807) is 0 Å². The van der Waals surface area contributed by atoms with E-state index in [1.807, 2.05) is 6.07 Å². The summed E-state index contributed by atoms with van der Waals surface area (Å²) in [7, 11) is 0. The number of hydrogen-bond donors (Lipinski definition) is 2. The third-order valence-corrected chi connectivity index (χ3v) is 4.43. The Morgan fingerprint density at radius 1 is 1.33 bits per heavy atom. The van der Waals surface area contributed by atoms with E-state index in [0.717, 1.165) is 51.3 Å². The number of benzene rings is 1. The number of hydrogen-bond acceptors (Lipinski definition) is 4. The van der Waals surface area contributed by atoms with Gasteiger partial charge in [-0.15, -0.1) is 0 Å². The van der Waals surface area contributed by atoms with Crippen LogP contribution in [0.2, 0.25) is 0 Å². The number of nitrogens with two attached hydrogens (primary N) is 1. The molecule has 2 aliphatic rings. The molecular weight excluding hydrogens is 264 g/mol. The molecule has 1 aromatic carbocycles. The van der Waals surface area contributed by atoms with E-state index >= 15 is 0 Å². The van der Waals surface area contributed by atoms with E-state index in [-0.39, 0.29) is 0 Å². The zero-order chi connectivity index (χ0) is 14.5. The number of anilines is 1. The highest BCUT2D eigenvalue weighted by Gasteiger charge is 2.21. The molecule has 2 atom stereocenters. The van der Waals surface area contributed by atoms with Crippen molar-refractivity contribution in [3.8, 4) is 0 Å². The lowest BCUT2D eigenvalue weighted by Gasteiger charge is -2.15. The molecule has 4 heteroatoms. The van der Waals surface area contributed by atoms with Crippen LogP contribution >= 0.6 is 0 Å². The van der Waals surface area contributed by atoms with Gasteiger partial charge in [0.15, 0.2) is 0 Å². The Hall–Kier alpha value is -1.10. The molecule has 1 aliphatic heterocycles. The van der Waals surface area contributed by atoms with Crippen LogP contribution in [-0.2, 0) is 15.9 Å². The zero-order valence-corrected chi connectivity index (χ0v) is 12.6. The standard InChI is InChI=1S/C17H26N2O2/c18-14-5-6-16-13(11-14)4-7-17(16)19-8-2-9-20-12-15-3-1-10-21-15/h5-6,11,15,17,19H,1-4,7-10,12,18H2. The minimum atomic E-state index is 0.338. The van der Waals surface area contributed by atoms with E-state index in [1.165, 1.54) is 24.0 Å². The third kappa shape index (κ3) is 3.96. The Labute approximate surface area is 127 Å². The minimum Gasteiger partial charge on any atom is -0.399 e. The number of fused-ring (bicyclic) bond motifs is 1. The molecule has 0 spiro atoms. The molecule has 1 heterocycles. The summed E-state index contributed by atoms with van der Waals surface area (Å²) in [6.07, 6.45) is 6.03. The highest BCUT2D eigenvalue weighted by Crippen LogP contribution is 2.32. The van der Waals surface area contributed by atoms with Crippen LogP contribution in [0, 0.1) is 0 Å². The predicted molar refractivity (Wildman–Crippen MR) is 84.3 cm³/mol. The Morgan fingerprint density at radius 2 is 2.29 bits per heavy atom. The smallest absolute Gasteiger partial charge is 0.0809 e. The van der Waals surface area contributed by atoms with E-state index in [4.69, 9.17) is 15.2 Å². The molecule has 116 valence electrons. The molecular formula is C17H26N2O2. The van der Waals surface area contributed by atoms with Crippen LogP contribution < -0.4 is 11.1 Å². The molecule has 4 nitrogen and oxygen atoms in total. The maximum Gasteiger partial charge on any atom is 0.0809 e. The van der Waals surface area contributed by atoms with Crippen LogP contribution in [0.5, 0.6) is 0 Å². The summed E-state index contributed by atoms with van der Waals surface area (Å²) in [5.74, 6) is 0. The van der Waals surface area contributed by atoms with Crippen molar-refractivity contribution in [2.45, 2.75) is 44.2 Å². The third-order valence-electron chi connectivity index (χ3n) is 4.43. The van der Waals surface area contributed by atoms with Gasteiger partial charge in [0.2, 0.25) is 0 Å². The molecule has 3 N–H and O–H groups in total. The molecule has 0 aromatic heterocycles. The number of rotatable bonds is 7. The van der Waals surface area contributed by atoms with Crippen molar-refractivity contribution in [2.24, 2.45) is 0 Å². The van der Waals surface area contributed by atoms with Crippen LogP contribution in [0.4, 0.5) is 5.69 Å². The molecule has 0 radical (unpaired) electrons. The van der Waals surface area contributed by atoms with Crippen molar-refractivity contribution < 1.29 is 9.47 Å². The van der Waals surface area contributed by atoms with Gasteiger partial charge in [-0.05, 0) is 61.9 Å². The fourth-order valence-corrected chi connectivity index (χ4v) is 3.29. The minimum absolute atomic E-state index is 0.338. The largest absolute Gasteiger partial charge is 0.399 e. The maximum absolute atomic E-state index is 5.84. The molecule has 2 unspecified atom stereocenters. The first-order valence-electron chi connectivity index (χ1n) is 8.14. The summed E-state index contributed by atoms with van der Waals surface area (Å²) in [5, 5.41) is 3.63. The van der Waals surface area contributed by atoms with Gasteiger partial charge >= 0.3 is 0 Å². The van der Waals surface area contributed by atoms with Gasteiger partial charge in [-0.3, -0.25) is 0 Å². The average molecular weight is 290 g/mol. The first-order chi connectivity index (χ1) is 10.3. The lowest BCUT2D eigenvalue weighted by atomic mass is 10.1. The molecule has 0 amide bonds. The van der Waals surface area contributed by atoms with Gasteiger partial charge in [-0.2, -0.15) is 0 Å². The van der Waals surface area contributed by atoms with E-state index in [0.29, 0.717) is 12.1 Å². The summed E-state index contributed by atoms with van der Waals surface area (Å²) in [5.41, 5.74) is 9.53. The van der Waals surface area contributed by atoms with Crippen LogP contribution in [0.3, 0.4) is 0 Å². The van der Waals surface area contributed by atoms with E-state index in [9.17, 15) is 0 Å². The number of ether oxygens (including phenoxy) is 2. The normalized spacial score (nSPS) is 24.4. The SMILES string of the molecule is Nc1ccc2c(c1)CCC2NCCCOCC1CCCO1. The monoisotopic (exact) mass is 290 g/mol. The van der Waals surface area contributed by atoms with Crippen molar-refractivity contribution in [3.63, 3.8) is 0 Å². The lowest BCUT2D eigenvalue weighted by Crippen LogP contribution is -2.22. The summed E-state index contributed by atoms with van der Waals surface area (Å²) in [4.78, 5) is 0. The van der Waals surface area contributed by atoms with Crippen LogP contribution in [0.1, 0.15) is 42.9 Å². The first kappa shape index (κ1) is 14.8. The van der Waals surface area contributed by atoms with Crippen molar-refractivity contribution >= 4 is 5.69 Å². The highest BCUT2D eigenvalue weighted by atomic mass is 16.5. The topological polar surface area (TPSA) is 56.5 Å². The highest BCUT2D eigenvalue weighted by molar-refractivity contribution is 5.47. The molecule has 1 fully saturated rings. The van der Waals surface area contributed by atoms with Gasteiger partial charge < -0.3 is 20.5 Å². The van der Waals surface area contributed by atoms with Gasteiger partial charge in [0.1, 0.15) is 0 Å². The zero-order valence-electron chi connectivity index (χ0n) is 12.6. The van der Waals surface area contributed by atoms with Crippen LogP contribution in [-0.4, -0.2) is 32.5 Å². The number of nitrogens with one attached hydrogen (secondary N) is 1. The fourth-order valence-electron chi connectivity index (χ4n) is 3.29. The number of aryl methyl sites for hydroxylation is 1. The quantitative estimate of drug-likeness (QED) is 0.598. The van der Waals surface area contributed by atoms with E-state index < -0.39 is 0 Å². The average Bonchev–Trinajstić information content (AvgIpc) is 3.12. The Kier molecular flexibility index (Phi) is 5.12. The number of nitrogen functional groups attached to an aromatic ring is 1. The van der Waals surface area contributed by atoms with E-state index in [2.05, 4.69) is 17.4 Å². The molecule has 3 rings (SSSR count).